The van der Waals surface area contributed by atoms with E-state index < -0.39 is 128 Å². The number of benzene rings is 13. The molecular weight excluding hydrogens is 1000 g/mol. The highest BCUT2D eigenvalue weighted by molar-refractivity contribution is 7.00. The van der Waals surface area contributed by atoms with Crippen molar-refractivity contribution in [3.63, 3.8) is 0 Å². The van der Waals surface area contributed by atoms with Gasteiger partial charge in [0.2, 0.25) is 0 Å². The average molecular weight is 1080 g/mol. The van der Waals surface area contributed by atoms with Crippen LogP contribution in [0, 0.1) is 0 Å². The predicted octanol–water partition coefficient (Wildman–Crippen LogP) is 18.6. The van der Waals surface area contributed by atoms with Gasteiger partial charge in [-0.25, -0.2) is 0 Å². The van der Waals surface area contributed by atoms with Crippen molar-refractivity contribution in [1.82, 2.24) is 9.13 Å². The van der Waals surface area contributed by atoms with Crippen molar-refractivity contribution in [2.24, 2.45) is 0 Å². The Morgan fingerprint density at radius 1 is 0.277 bits per heavy atom. The number of rotatable bonds is 8. The highest BCUT2D eigenvalue weighted by atomic mass is 15.2. The van der Waals surface area contributed by atoms with Crippen molar-refractivity contribution in [2.45, 2.75) is 0 Å². The Balaban J connectivity index is 1.10. The van der Waals surface area contributed by atoms with E-state index in [1.807, 2.05) is 186 Å². The van der Waals surface area contributed by atoms with E-state index in [9.17, 15) is 16.4 Å². The molecule has 0 aliphatic carbocycles. The Labute approximate surface area is 510 Å². The van der Waals surface area contributed by atoms with Crippen LogP contribution in [0.3, 0.4) is 0 Å². The van der Waals surface area contributed by atoms with Crippen LogP contribution in [0.4, 0.5) is 34.1 Å². The fourth-order valence-corrected chi connectivity index (χ4v) is 12.6. The molecule has 0 unspecified atom stereocenters. The van der Waals surface area contributed by atoms with Gasteiger partial charge < -0.3 is 18.9 Å². The third kappa shape index (κ3) is 7.21. The first kappa shape index (κ1) is 31.2. The molecule has 2 aliphatic heterocycles. The molecule has 4 heterocycles. The molecule has 5 heteroatoms. The Bertz CT molecular complexity index is 5630. The maximum Gasteiger partial charge on any atom is 0.252 e. The molecular formula is C78H51BN4. The van der Waals surface area contributed by atoms with Gasteiger partial charge in [-0.3, -0.25) is 0 Å². The third-order valence-corrected chi connectivity index (χ3v) is 16.0. The smallest absolute Gasteiger partial charge is 0.252 e. The Morgan fingerprint density at radius 3 is 0.904 bits per heavy atom. The van der Waals surface area contributed by atoms with Gasteiger partial charge in [0.25, 0.3) is 6.71 Å². The van der Waals surface area contributed by atoms with E-state index in [1.165, 1.54) is 9.13 Å². The van der Waals surface area contributed by atoms with E-state index in [0.717, 1.165) is 22.3 Å². The molecule has 0 radical (unpaired) electrons. The lowest BCUT2D eigenvalue weighted by Gasteiger charge is -2.45. The molecule has 386 valence electrons. The maximum absolute atomic E-state index is 11.0. The molecule has 83 heavy (non-hydrogen) atoms. The zero-order valence-corrected chi connectivity index (χ0v) is 43.8. The van der Waals surface area contributed by atoms with Crippen LogP contribution in [0.15, 0.2) is 309 Å². The van der Waals surface area contributed by atoms with E-state index in [4.69, 9.17) is 11.0 Å². The van der Waals surface area contributed by atoms with Gasteiger partial charge in [-0.2, -0.15) is 0 Å². The van der Waals surface area contributed by atoms with E-state index in [2.05, 4.69) is 0 Å². The highest BCUT2D eigenvalue weighted by Gasteiger charge is 2.45. The average Bonchev–Trinajstić information content (AvgIpc) is 1.48. The standard InChI is InChI=1S/C78H51BN4/c1-5-24-52(25-6-1)58-36-21-37-59(53-26-7-2-8-27-53)77(58)82-72-44-23-45-73-76(72)79(66-48-46-56(50-74(66)82)80-68-40-17-13-32-62(68)63-33-14-18-41-69(63)80)67-49-47-57(81-70-42-19-15-34-64(70)65-35-16-20-43-71(65)81)51-75(67)83(73)78-60(54-28-9-3-10-29-54)38-22-39-61(78)55-30-11-4-12-31-55/h1-51H/i13D,14D,15D,16D,17D,18D,19D,20D,32D,33D,34D,35D,40D,41D,42D,43D,46D,47D,48D,49D. The molecule has 13 aromatic carbocycles. The molecule has 2 aromatic heterocycles. The molecule has 0 fully saturated rings. The first-order chi connectivity index (χ1) is 49.6. The molecule has 15 aromatic rings. The fourth-order valence-electron chi connectivity index (χ4n) is 12.6. The number of nitrogens with zero attached hydrogens (tertiary/aromatic N) is 4. The molecule has 0 bridgehead atoms. The summed E-state index contributed by atoms with van der Waals surface area (Å²) in [7, 11) is 0. The SMILES string of the molecule is [2H]c1c(-n2c3c([2H])c([2H])c([2H])c([2H])c3c3c([2H])c([2H])c([2H])c([2H])c32)cc2c(c1[2H])B1c3c(cccc3N(c3c(-c4ccccc4)cccc3-c3ccccc3)c3cc(-n4c5c([2H])c([2H])c([2H])c([2H])c5c5c([2H])c([2H])c([2H])c([2H])c54)c([2H])c([2H])c31)N2c1c(-c2ccccc2)cccc1-c1ccccc1. The molecule has 17 rings (SSSR count). The Kier molecular flexibility index (Phi) is 7.10. The zero-order chi connectivity index (χ0) is 71.9. The third-order valence-electron chi connectivity index (χ3n) is 16.0. The van der Waals surface area contributed by atoms with E-state index in [1.54, 1.807) is 12.1 Å². The number of anilines is 6. The van der Waals surface area contributed by atoms with Crippen molar-refractivity contribution >= 4 is 101 Å². The monoisotopic (exact) mass is 1070 g/mol. The van der Waals surface area contributed by atoms with Crippen LogP contribution in [-0.2, 0) is 0 Å². The fraction of sp³-hybridized carbons (Fsp3) is 0. The summed E-state index contributed by atoms with van der Waals surface area (Å²) in [6.45, 7) is -1.33. The van der Waals surface area contributed by atoms with E-state index in [0.29, 0.717) is 50.5 Å². The van der Waals surface area contributed by atoms with Crippen LogP contribution in [0.2, 0.25) is 0 Å². The van der Waals surface area contributed by atoms with Crippen LogP contribution in [0.25, 0.3) is 99.5 Å². The summed E-state index contributed by atoms with van der Waals surface area (Å²) in [6.07, 6.45) is 0. The normalized spacial score (nSPS) is 15.9. The van der Waals surface area contributed by atoms with Crippen LogP contribution in [0.1, 0.15) is 27.4 Å². The molecule has 2 aliphatic rings. The van der Waals surface area contributed by atoms with E-state index in [-0.39, 0.29) is 77.3 Å². The summed E-state index contributed by atoms with van der Waals surface area (Å²) >= 11 is 0. The first-order valence-corrected chi connectivity index (χ1v) is 27.1. The Hall–Kier alpha value is -10.9. The lowest BCUT2D eigenvalue weighted by Crippen LogP contribution is -2.61. The van der Waals surface area contributed by atoms with Gasteiger partial charge in [0.1, 0.15) is 0 Å². The minimum absolute atomic E-state index is 0.0985. The maximum atomic E-state index is 11.0. The molecule has 0 spiro atoms. The van der Waals surface area contributed by atoms with Crippen LogP contribution < -0.4 is 26.2 Å². The van der Waals surface area contributed by atoms with Crippen LogP contribution in [0.5, 0.6) is 0 Å². The van der Waals surface area contributed by atoms with Gasteiger partial charge in [0.15, 0.2) is 0 Å². The van der Waals surface area contributed by atoms with Gasteiger partial charge in [0.05, 0.1) is 60.9 Å². The number of hydrogen-bond donors (Lipinski definition) is 0. The largest absolute Gasteiger partial charge is 0.310 e. The van der Waals surface area contributed by atoms with Gasteiger partial charge in [-0.15, -0.1) is 0 Å². The summed E-state index contributed by atoms with van der Waals surface area (Å²) in [5, 5.41) is -0.988. The van der Waals surface area contributed by atoms with Gasteiger partial charge in [-0.1, -0.05) is 248 Å². The first-order valence-electron chi connectivity index (χ1n) is 37.1. The number of para-hydroxylation sites is 6. The molecule has 0 N–H and O–H groups in total. The van der Waals surface area contributed by atoms with Crippen molar-refractivity contribution in [3.8, 4) is 55.9 Å². The van der Waals surface area contributed by atoms with Crippen LogP contribution in [-0.4, -0.2) is 15.8 Å². The molecule has 0 saturated carbocycles. The quantitative estimate of drug-likeness (QED) is 0.141. The summed E-state index contributed by atoms with van der Waals surface area (Å²) < 4.78 is 194. The lowest BCUT2D eigenvalue weighted by atomic mass is 9.33. The van der Waals surface area contributed by atoms with Crippen molar-refractivity contribution < 1.29 is 27.4 Å². The zero-order valence-electron chi connectivity index (χ0n) is 63.8. The number of hydrogen-bond acceptors (Lipinski definition) is 2. The topological polar surface area (TPSA) is 16.3 Å². The predicted molar refractivity (Wildman–Crippen MR) is 351 cm³/mol. The second-order valence-corrected chi connectivity index (χ2v) is 20.4. The number of aromatic nitrogens is 2. The van der Waals surface area contributed by atoms with Gasteiger partial charge in [0, 0.05) is 77.9 Å². The van der Waals surface area contributed by atoms with Crippen LogP contribution >= 0.6 is 0 Å². The summed E-state index contributed by atoms with van der Waals surface area (Å²) in [6, 6.07) is 46.7. The second kappa shape index (κ2) is 18.9. The summed E-state index contributed by atoms with van der Waals surface area (Å²) in [5.74, 6) is 0. The van der Waals surface area contributed by atoms with Crippen molar-refractivity contribution in [2.75, 3.05) is 9.80 Å². The lowest BCUT2D eigenvalue weighted by molar-refractivity contribution is 1.17. The van der Waals surface area contributed by atoms with Gasteiger partial charge in [-0.05, 0) is 99.2 Å². The van der Waals surface area contributed by atoms with Crippen molar-refractivity contribution in [3.05, 3.63) is 309 Å². The second-order valence-electron chi connectivity index (χ2n) is 20.4. The molecule has 0 atom stereocenters. The van der Waals surface area contributed by atoms with Gasteiger partial charge >= 0.3 is 0 Å². The summed E-state index contributed by atoms with van der Waals surface area (Å²) in [5.41, 5.74) is 7.27. The highest BCUT2D eigenvalue weighted by Crippen LogP contribution is 2.53. The Morgan fingerprint density at radius 2 is 0.578 bits per heavy atom. The number of fused-ring (bicyclic) bond motifs is 10. The minimum atomic E-state index is -1.33. The molecule has 4 nitrogen and oxygen atoms in total. The molecule has 0 amide bonds. The molecule has 0 saturated heterocycles. The van der Waals surface area contributed by atoms with E-state index >= 15 is 0 Å². The minimum Gasteiger partial charge on any atom is -0.310 e. The van der Waals surface area contributed by atoms with Crippen molar-refractivity contribution in [1.29, 1.82) is 0 Å². The summed E-state index contributed by atoms with van der Waals surface area (Å²) in [4.78, 5) is 3.97.